The number of nitrogens with one attached hydrogen (secondary N) is 1. The van der Waals surface area contributed by atoms with Crippen molar-refractivity contribution in [1.82, 2.24) is 20.3 Å². The summed E-state index contributed by atoms with van der Waals surface area (Å²) in [4.78, 5) is 23.0. The van der Waals surface area contributed by atoms with E-state index in [1.165, 1.54) is 10.9 Å². The molecule has 1 aromatic heterocycles. The summed E-state index contributed by atoms with van der Waals surface area (Å²) < 4.78 is 1.54. The van der Waals surface area contributed by atoms with Crippen molar-refractivity contribution in [2.45, 2.75) is 38.3 Å². The summed E-state index contributed by atoms with van der Waals surface area (Å²) in [5.41, 5.74) is -1.14. The van der Waals surface area contributed by atoms with Crippen molar-refractivity contribution in [1.29, 1.82) is 0 Å². The molecule has 1 aliphatic rings. The molecule has 0 radical (unpaired) electrons. The second-order valence-electron chi connectivity index (χ2n) is 4.75. The maximum atomic E-state index is 11.8. The fourth-order valence-corrected chi connectivity index (χ4v) is 1.91. The molecule has 1 unspecified atom stereocenters. The van der Waals surface area contributed by atoms with Crippen molar-refractivity contribution in [3.05, 3.63) is 12.4 Å². The number of carbonyl (C=O) groups is 2. The topological polar surface area (TPSA) is 97.1 Å². The number of amides is 1. The number of nitrogens with zero attached hydrogens (tertiary/aromatic N) is 3. The molecule has 2 N–H and O–H groups in total. The SMILES string of the molecule is CC(NC(=O)CCn1ccnn1)(C(=O)O)C1CC1. The van der Waals surface area contributed by atoms with E-state index in [-0.39, 0.29) is 18.2 Å². The fourth-order valence-electron chi connectivity index (χ4n) is 1.91. The van der Waals surface area contributed by atoms with Gasteiger partial charge in [-0.25, -0.2) is 4.79 Å². The number of hydrogen-bond acceptors (Lipinski definition) is 4. The van der Waals surface area contributed by atoms with Crippen molar-refractivity contribution < 1.29 is 14.7 Å². The largest absolute Gasteiger partial charge is 0.480 e. The van der Waals surface area contributed by atoms with Gasteiger partial charge in [0.2, 0.25) is 5.91 Å². The third-order valence-corrected chi connectivity index (χ3v) is 3.28. The number of rotatable bonds is 6. The van der Waals surface area contributed by atoms with Gasteiger partial charge in [-0.3, -0.25) is 9.48 Å². The lowest BCUT2D eigenvalue weighted by molar-refractivity contribution is -0.148. The third-order valence-electron chi connectivity index (χ3n) is 3.28. The average Bonchev–Trinajstić information content (AvgIpc) is 3.04. The van der Waals surface area contributed by atoms with Gasteiger partial charge >= 0.3 is 5.97 Å². The first-order valence-electron chi connectivity index (χ1n) is 5.91. The summed E-state index contributed by atoms with van der Waals surface area (Å²) in [7, 11) is 0. The Balaban J connectivity index is 1.87. The van der Waals surface area contributed by atoms with Crippen LogP contribution in [-0.2, 0) is 16.1 Å². The van der Waals surface area contributed by atoms with Crippen LogP contribution >= 0.6 is 0 Å². The van der Waals surface area contributed by atoms with Crippen molar-refractivity contribution in [2.75, 3.05) is 0 Å². The minimum absolute atomic E-state index is 0.0466. The Morgan fingerprint density at radius 3 is 2.78 bits per heavy atom. The summed E-state index contributed by atoms with van der Waals surface area (Å²) >= 11 is 0. The van der Waals surface area contributed by atoms with Crippen molar-refractivity contribution >= 4 is 11.9 Å². The molecule has 1 fully saturated rings. The van der Waals surface area contributed by atoms with Crippen LogP contribution in [0.25, 0.3) is 0 Å². The first-order valence-corrected chi connectivity index (χ1v) is 5.91. The lowest BCUT2D eigenvalue weighted by atomic mass is 9.96. The standard InChI is InChI=1S/C11H16N4O3/c1-11(10(17)18,8-2-3-8)13-9(16)4-6-15-7-5-12-14-15/h5,7-8H,2-4,6H2,1H3,(H,13,16)(H,17,18). The molecular weight excluding hydrogens is 236 g/mol. The number of carboxylic acids is 1. The number of aromatic nitrogens is 3. The molecule has 7 heteroatoms. The smallest absolute Gasteiger partial charge is 0.329 e. The summed E-state index contributed by atoms with van der Waals surface area (Å²) in [6, 6.07) is 0. The van der Waals surface area contributed by atoms with Gasteiger partial charge in [-0.1, -0.05) is 5.21 Å². The minimum Gasteiger partial charge on any atom is -0.480 e. The van der Waals surface area contributed by atoms with Crippen LogP contribution in [0.15, 0.2) is 12.4 Å². The van der Waals surface area contributed by atoms with Gasteiger partial charge in [-0.2, -0.15) is 0 Å². The molecule has 1 aliphatic carbocycles. The Bertz CT molecular complexity index is 441. The van der Waals surface area contributed by atoms with Gasteiger partial charge in [0.1, 0.15) is 5.54 Å². The zero-order chi connectivity index (χ0) is 13.2. The number of carboxylic acid groups (broad SMARTS) is 1. The van der Waals surface area contributed by atoms with E-state index in [1.807, 2.05) is 0 Å². The van der Waals surface area contributed by atoms with E-state index in [1.54, 1.807) is 13.1 Å². The lowest BCUT2D eigenvalue weighted by Gasteiger charge is -2.26. The van der Waals surface area contributed by atoms with Gasteiger partial charge in [0.15, 0.2) is 0 Å². The van der Waals surface area contributed by atoms with Crippen LogP contribution in [-0.4, -0.2) is 37.5 Å². The van der Waals surface area contributed by atoms with Crippen LogP contribution in [0, 0.1) is 5.92 Å². The highest BCUT2D eigenvalue weighted by atomic mass is 16.4. The van der Waals surface area contributed by atoms with Crippen LogP contribution in [0.5, 0.6) is 0 Å². The van der Waals surface area contributed by atoms with E-state index >= 15 is 0 Å². The van der Waals surface area contributed by atoms with E-state index in [2.05, 4.69) is 15.6 Å². The van der Waals surface area contributed by atoms with Crippen LogP contribution < -0.4 is 5.32 Å². The molecule has 1 aromatic rings. The summed E-state index contributed by atoms with van der Waals surface area (Å²) in [6.07, 6.45) is 5.09. The molecule has 0 spiro atoms. The Morgan fingerprint density at radius 2 is 2.28 bits per heavy atom. The minimum atomic E-state index is -1.14. The summed E-state index contributed by atoms with van der Waals surface area (Å²) in [5.74, 6) is -1.20. The van der Waals surface area contributed by atoms with Crippen LogP contribution in [0.4, 0.5) is 0 Å². The third kappa shape index (κ3) is 2.66. The summed E-state index contributed by atoms with van der Waals surface area (Å²) in [5, 5.41) is 19.2. The Kier molecular flexibility index (Phi) is 3.31. The second kappa shape index (κ2) is 4.75. The molecule has 18 heavy (non-hydrogen) atoms. The van der Waals surface area contributed by atoms with Gasteiger partial charge in [-0.05, 0) is 25.7 Å². The number of aliphatic carboxylic acids is 1. The number of aryl methyl sites for hydroxylation is 1. The predicted molar refractivity (Wildman–Crippen MR) is 61.5 cm³/mol. The van der Waals surface area contributed by atoms with E-state index in [0.717, 1.165) is 12.8 Å². The normalized spacial score (nSPS) is 18.1. The van der Waals surface area contributed by atoms with E-state index in [4.69, 9.17) is 0 Å². The number of carbonyl (C=O) groups excluding carboxylic acids is 1. The van der Waals surface area contributed by atoms with Crippen molar-refractivity contribution in [2.24, 2.45) is 5.92 Å². The first kappa shape index (κ1) is 12.5. The molecule has 0 aromatic carbocycles. The zero-order valence-electron chi connectivity index (χ0n) is 10.2. The monoisotopic (exact) mass is 252 g/mol. The second-order valence-corrected chi connectivity index (χ2v) is 4.75. The molecule has 1 atom stereocenters. The highest BCUT2D eigenvalue weighted by Crippen LogP contribution is 2.39. The highest BCUT2D eigenvalue weighted by molar-refractivity contribution is 5.87. The number of hydrogen-bond donors (Lipinski definition) is 2. The highest BCUT2D eigenvalue weighted by Gasteiger charge is 2.48. The Labute approximate surface area is 104 Å². The Hall–Kier alpha value is -1.92. The first-order chi connectivity index (χ1) is 8.52. The molecule has 1 amide bonds. The lowest BCUT2D eigenvalue weighted by Crippen LogP contribution is -2.54. The molecule has 7 nitrogen and oxygen atoms in total. The van der Waals surface area contributed by atoms with Crippen LogP contribution in [0.1, 0.15) is 26.2 Å². The maximum absolute atomic E-state index is 11.8. The van der Waals surface area contributed by atoms with Gasteiger partial charge in [-0.15, -0.1) is 5.10 Å². The molecule has 1 saturated carbocycles. The van der Waals surface area contributed by atoms with Crippen LogP contribution in [0.2, 0.25) is 0 Å². The van der Waals surface area contributed by atoms with E-state index < -0.39 is 11.5 Å². The fraction of sp³-hybridized carbons (Fsp3) is 0.636. The van der Waals surface area contributed by atoms with Gasteiger partial charge in [0, 0.05) is 12.6 Å². The van der Waals surface area contributed by atoms with Crippen molar-refractivity contribution in [3.8, 4) is 0 Å². The van der Waals surface area contributed by atoms with E-state index in [0.29, 0.717) is 6.54 Å². The van der Waals surface area contributed by atoms with Crippen LogP contribution in [0.3, 0.4) is 0 Å². The predicted octanol–water partition coefficient (Wildman–Crippen LogP) is 0.0377. The molecule has 1 heterocycles. The zero-order valence-corrected chi connectivity index (χ0v) is 10.2. The summed E-state index contributed by atoms with van der Waals surface area (Å²) in [6.45, 7) is 1.96. The maximum Gasteiger partial charge on any atom is 0.329 e. The van der Waals surface area contributed by atoms with Gasteiger partial charge in [0.05, 0.1) is 12.7 Å². The quantitative estimate of drug-likeness (QED) is 0.745. The van der Waals surface area contributed by atoms with Gasteiger partial charge in [0.25, 0.3) is 0 Å². The van der Waals surface area contributed by atoms with Gasteiger partial charge < -0.3 is 10.4 Å². The Morgan fingerprint density at radius 1 is 1.56 bits per heavy atom. The van der Waals surface area contributed by atoms with Crippen molar-refractivity contribution in [3.63, 3.8) is 0 Å². The molecular formula is C11H16N4O3. The molecule has 98 valence electrons. The average molecular weight is 252 g/mol. The molecule has 0 bridgehead atoms. The molecule has 0 aliphatic heterocycles. The molecule has 2 rings (SSSR count). The molecule has 0 saturated heterocycles. The van der Waals surface area contributed by atoms with E-state index in [9.17, 15) is 14.7 Å².